The first-order chi connectivity index (χ1) is 7.00. The molecule has 1 aromatic rings. The molecule has 0 spiro atoms. The van der Waals surface area contributed by atoms with Gasteiger partial charge in [-0.2, -0.15) is 0 Å². The Hall–Kier alpha value is -1.22. The van der Waals surface area contributed by atoms with E-state index in [4.69, 9.17) is 16.3 Å². The van der Waals surface area contributed by atoms with Gasteiger partial charge in [-0.1, -0.05) is 11.6 Å². The molecule has 1 heterocycles. The molecule has 0 saturated heterocycles. The summed E-state index contributed by atoms with van der Waals surface area (Å²) in [7, 11) is 0. The molecule has 3 nitrogen and oxygen atoms in total. The van der Waals surface area contributed by atoms with E-state index in [-0.39, 0.29) is 28.2 Å². The van der Waals surface area contributed by atoms with E-state index in [2.05, 4.69) is 0 Å². The van der Waals surface area contributed by atoms with Crippen LogP contribution in [0.2, 0.25) is 5.02 Å². The van der Waals surface area contributed by atoms with E-state index >= 15 is 0 Å². The zero-order valence-electron chi connectivity index (χ0n) is 8.50. The summed E-state index contributed by atoms with van der Waals surface area (Å²) in [6, 6.07) is 1.56. The number of hydrogen-bond acceptors (Lipinski definition) is 3. The van der Waals surface area contributed by atoms with Gasteiger partial charge in [0.2, 0.25) is 0 Å². The lowest BCUT2D eigenvalue weighted by Gasteiger charge is -2.07. The highest BCUT2D eigenvalue weighted by atomic mass is 35.5. The van der Waals surface area contributed by atoms with Gasteiger partial charge in [0.25, 0.3) is 0 Å². The summed E-state index contributed by atoms with van der Waals surface area (Å²) in [5.74, 6) is 0.247. The number of phenolic OH excluding ortho intramolecular Hbond substituents is 1. The fourth-order valence-corrected chi connectivity index (χ4v) is 2.04. The fraction of sp³-hybridized carbons (Fsp3) is 0.364. The van der Waals surface area contributed by atoms with E-state index in [1.54, 1.807) is 6.07 Å². The van der Waals surface area contributed by atoms with Crippen molar-refractivity contribution in [2.75, 3.05) is 0 Å². The van der Waals surface area contributed by atoms with E-state index < -0.39 is 0 Å². The average molecular weight is 227 g/mol. The maximum Gasteiger partial charge on any atom is 0.163 e. The van der Waals surface area contributed by atoms with Crippen molar-refractivity contribution in [2.24, 2.45) is 0 Å². The van der Waals surface area contributed by atoms with E-state index in [1.165, 1.54) is 6.92 Å². The zero-order valence-corrected chi connectivity index (χ0v) is 9.26. The van der Waals surface area contributed by atoms with Crippen LogP contribution in [0.25, 0.3) is 0 Å². The van der Waals surface area contributed by atoms with Gasteiger partial charge < -0.3 is 9.84 Å². The Balaban J connectivity index is 2.62. The van der Waals surface area contributed by atoms with Crippen molar-refractivity contribution >= 4 is 17.4 Å². The highest BCUT2D eigenvalue weighted by Crippen LogP contribution is 2.42. The van der Waals surface area contributed by atoms with Crippen LogP contribution in [0.15, 0.2) is 6.07 Å². The molecule has 0 amide bonds. The van der Waals surface area contributed by atoms with Gasteiger partial charge in [-0.3, -0.25) is 4.79 Å². The average Bonchev–Trinajstić information content (AvgIpc) is 2.52. The summed E-state index contributed by atoms with van der Waals surface area (Å²) in [4.78, 5) is 11.2. The molecule has 1 N–H and O–H groups in total. The van der Waals surface area contributed by atoms with Crippen LogP contribution in [0.4, 0.5) is 0 Å². The minimum absolute atomic E-state index is 0.0408. The number of Topliss-reactive ketones (excluding diaryl/α,β-unsaturated/α-hetero) is 1. The summed E-state index contributed by atoms with van der Waals surface area (Å²) in [5.41, 5.74) is 1.000. The molecule has 2 rings (SSSR count). The molecule has 80 valence electrons. The number of phenols is 1. The topological polar surface area (TPSA) is 46.5 Å². The smallest absolute Gasteiger partial charge is 0.163 e. The Labute approximate surface area is 92.6 Å². The Kier molecular flexibility index (Phi) is 2.35. The predicted molar refractivity (Wildman–Crippen MR) is 56.9 cm³/mol. The van der Waals surface area contributed by atoms with Crippen LogP contribution in [0.3, 0.4) is 0 Å². The Morgan fingerprint density at radius 2 is 2.33 bits per heavy atom. The predicted octanol–water partition coefficient (Wildman–Crippen LogP) is 2.57. The van der Waals surface area contributed by atoms with E-state index in [0.717, 1.165) is 5.56 Å². The van der Waals surface area contributed by atoms with Gasteiger partial charge in [-0.25, -0.2) is 0 Å². The van der Waals surface area contributed by atoms with Gasteiger partial charge in [0, 0.05) is 12.0 Å². The van der Waals surface area contributed by atoms with E-state index in [9.17, 15) is 9.90 Å². The monoisotopic (exact) mass is 226 g/mol. The number of aromatic hydroxyl groups is 1. The van der Waals surface area contributed by atoms with Crippen molar-refractivity contribution in [3.05, 3.63) is 22.2 Å². The highest BCUT2D eigenvalue weighted by molar-refractivity contribution is 6.33. The van der Waals surface area contributed by atoms with Crippen molar-refractivity contribution in [2.45, 2.75) is 26.4 Å². The molecule has 0 bridgehead atoms. The highest BCUT2D eigenvalue weighted by Gasteiger charge is 2.26. The standard InChI is InChI=1S/C11H11ClO3/c1-5-3-8-9(15-5)4-7(6(2)13)11(14)10(8)12/h4-5,14H,3H2,1-2H3. The van der Waals surface area contributed by atoms with Crippen LogP contribution in [-0.2, 0) is 6.42 Å². The van der Waals surface area contributed by atoms with Crippen molar-refractivity contribution in [1.29, 1.82) is 0 Å². The van der Waals surface area contributed by atoms with E-state index in [0.29, 0.717) is 12.2 Å². The third-order valence-corrected chi connectivity index (χ3v) is 2.91. The van der Waals surface area contributed by atoms with Crippen LogP contribution in [-0.4, -0.2) is 17.0 Å². The van der Waals surface area contributed by atoms with Gasteiger partial charge in [0.15, 0.2) is 5.78 Å². The minimum atomic E-state index is -0.222. The third-order valence-electron chi connectivity index (χ3n) is 2.50. The summed E-state index contributed by atoms with van der Waals surface area (Å²) in [6.45, 7) is 3.30. The van der Waals surface area contributed by atoms with Gasteiger partial charge in [0.05, 0.1) is 10.6 Å². The quantitative estimate of drug-likeness (QED) is 0.749. The summed E-state index contributed by atoms with van der Waals surface area (Å²) in [6.07, 6.45) is 0.707. The summed E-state index contributed by atoms with van der Waals surface area (Å²) >= 11 is 5.97. The molecule has 0 aromatic heterocycles. The second-order valence-corrected chi connectivity index (χ2v) is 4.13. The van der Waals surface area contributed by atoms with E-state index in [1.807, 2.05) is 6.92 Å². The van der Waals surface area contributed by atoms with Crippen LogP contribution in [0.5, 0.6) is 11.5 Å². The largest absolute Gasteiger partial charge is 0.506 e. The van der Waals surface area contributed by atoms with Crippen molar-refractivity contribution < 1.29 is 14.6 Å². The molecule has 1 aliphatic rings. The number of carbonyl (C=O) groups is 1. The van der Waals surface area contributed by atoms with Crippen LogP contribution >= 0.6 is 11.6 Å². The number of hydrogen-bond donors (Lipinski definition) is 1. The molecule has 1 unspecified atom stereocenters. The Morgan fingerprint density at radius 1 is 1.67 bits per heavy atom. The molecular weight excluding hydrogens is 216 g/mol. The van der Waals surface area contributed by atoms with Gasteiger partial charge in [0.1, 0.15) is 17.6 Å². The second kappa shape index (κ2) is 3.42. The third kappa shape index (κ3) is 1.57. The first kappa shape index (κ1) is 10.3. The number of rotatable bonds is 1. The number of benzene rings is 1. The molecule has 0 aliphatic carbocycles. The van der Waals surface area contributed by atoms with Crippen LogP contribution in [0, 0.1) is 0 Å². The molecular formula is C11H11ClO3. The molecule has 1 aromatic carbocycles. The number of ketones is 1. The molecule has 1 atom stereocenters. The lowest BCUT2D eigenvalue weighted by molar-refractivity contribution is 0.101. The first-order valence-corrected chi connectivity index (χ1v) is 5.10. The van der Waals surface area contributed by atoms with Crippen LogP contribution in [0.1, 0.15) is 29.8 Å². The van der Waals surface area contributed by atoms with Gasteiger partial charge in [-0.15, -0.1) is 0 Å². The second-order valence-electron chi connectivity index (χ2n) is 3.75. The zero-order chi connectivity index (χ0) is 11.2. The normalized spacial score (nSPS) is 18.5. The first-order valence-electron chi connectivity index (χ1n) is 4.72. The molecule has 0 fully saturated rings. The molecule has 4 heteroatoms. The SMILES string of the molecule is CC(=O)c1cc2c(c(Cl)c1O)CC(C)O2. The van der Waals surface area contributed by atoms with Gasteiger partial charge in [-0.05, 0) is 19.9 Å². The lowest BCUT2D eigenvalue weighted by atomic mass is 10.0. The molecule has 15 heavy (non-hydrogen) atoms. The maximum atomic E-state index is 11.2. The van der Waals surface area contributed by atoms with Crippen LogP contribution < -0.4 is 4.74 Å². The minimum Gasteiger partial charge on any atom is -0.506 e. The number of fused-ring (bicyclic) bond motifs is 1. The number of ether oxygens (including phenoxy) is 1. The summed E-state index contributed by atoms with van der Waals surface area (Å²) in [5, 5.41) is 9.95. The van der Waals surface area contributed by atoms with Gasteiger partial charge >= 0.3 is 0 Å². The maximum absolute atomic E-state index is 11.2. The molecule has 0 saturated carbocycles. The Bertz CT molecular complexity index is 440. The molecule has 0 radical (unpaired) electrons. The lowest BCUT2D eigenvalue weighted by Crippen LogP contribution is -2.05. The van der Waals surface area contributed by atoms with Crippen molar-refractivity contribution in [3.8, 4) is 11.5 Å². The van der Waals surface area contributed by atoms with Crippen molar-refractivity contribution in [1.82, 2.24) is 0 Å². The summed E-state index contributed by atoms with van der Waals surface area (Å²) < 4.78 is 5.49. The molecule has 1 aliphatic heterocycles. The number of carbonyl (C=O) groups excluding carboxylic acids is 1. The fourth-order valence-electron chi connectivity index (χ4n) is 1.77. The number of halogens is 1. The van der Waals surface area contributed by atoms with Crippen molar-refractivity contribution in [3.63, 3.8) is 0 Å². The Morgan fingerprint density at radius 3 is 2.93 bits per heavy atom.